The van der Waals surface area contributed by atoms with Crippen LogP contribution in [0.15, 0.2) is 10.9 Å². The first-order valence-electron chi connectivity index (χ1n) is 4.19. The molecule has 0 unspecified atom stereocenters. The molecule has 4 heteroatoms. The van der Waals surface area contributed by atoms with Gasteiger partial charge < -0.3 is 4.98 Å². The van der Waals surface area contributed by atoms with Crippen LogP contribution in [-0.2, 0) is 0 Å². The molecule has 1 heterocycles. The van der Waals surface area contributed by atoms with Crippen LogP contribution in [-0.4, -0.2) is 16.6 Å². The molecule has 0 amide bonds. The highest BCUT2D eigenvalue weighted by Gasteiger charge is 2.11. The van der Waals surface area contributed by atoms with Crippen LogP contribution >= 0.6 is 0 Å². The van der Waals surface area contributed by atoms with E-state index in [1.807, 2.05) is 0 Å². The summed E-state index contributed by atoms with van der Waals surface area (Å²) >= 11 is 0. The Kier molecular flexibility index (Phi) is 2.65. The second kappa shape index (κ2) is 3.57. The quantitative estimate of drug-likeness (QED) is 0.715. The number of rotatable bonds is 2. The smallest absolute Gasteiger partial charge is 0.259 e. The lowest BCUT2D eigenvalue weighted by Crippen LogP contribution is -2.19. The van der Waals surface area contributed by atoms with E-state index < -0.39 is 5.56 Å². The van der Waals surface area contributed by atoms with Crippen molar-refractivity contribution < 1.29 is 9.59 Å². The molecule has 14 heavy (non-hydrogen) atoms. The molecule has 1 N–H and O–H groups in total. The molecule has 0 aliphatic carbocycles. The highest BCUT2D eigenvalue weighted by molar-refractivity contribution is 5.99. The number of ketones is 2. The minimum Gasteiger partial charge on any atom is -0.325 e. The van der Waals surface area contributed by atoms with Crippen LogP contribution in [0, 0.1) is 6.92 Å². The minimum atomic E-state index is -0.444. The van der Waals surface area contributed by atoms with Crippen molar-refractivity contribution in [3.63, 3.8) is 0 Å². The second-order valence-corrected chi connectivity index (χ2v) is 3.16. The Morgan fingerprint density at radius 3 is 2.07 bits per heavy atom. The molecule has 0 saturated heterocycles. The van der Waals surface area contributed by atoms with Gasteiger partial charge in [-0.3, -0.25) is 14.4 Å². The van der Waals surface area contributed by atoms with Gasteiger partial charge in [-0.1, -0.05) is 0 Å². The van der Waals surface area contributed by atoms with Crippen molar-refractivity contribution in [1.82, 2.24) is 4.98 Å². The second-order valence-electron chi connectivity index (χ2n) is 3.16. The molecule has 1 aromatic heterocycles. The van der Waals surface area contributed by atoms with E-state index in [1.54, 1.807) is 6.92 Å². The summed E-state index contributed by atoms with van der Waals surface area (Å²) in [6.45, 7) is 4.32. The van der Waals surface area contributed by atoms with Crippen LogP contribution in [0.2, 0.25) is 0 Å². The number of nitrogens with one attached hydrogen (secondary N) is 1. The molecule has 0 fully saturated rings. The molecule has 0 aliphatic rings. The van der Waals surface area contributed by atoms with Crippen LogP contribution in [0.5, 0.6) is 0 Å². The fourth-order valence-corrected chi connectivity index (χ4v) is 1.25. The van der Waals surface area contributed by atoms with E-state index in [2.05, 4.69) is 4.98 Å². The minimum absolute atomic E-state index is 0.0285. The standard InChI is InChI=1S/C10H11NO3/c1-5-8(6(2)12)4-9(7(3)13)10(14)11-5/h4H,1-3H3,(H,11,14). The third kappa shape index (κ3) is 1.79. The highest BCUT2D eigenvalue weighted by atomic mass is 16.1. The molecular formula is C10H11NO3. The molecule has 74 valence electrons. The summed E-state index contributed by atoms with van der Waals surface area (Å²) in [5.74, 6) is -0.505. The van der Waals surface area contributed by atoms with Gasteiger partial charge in [0, 0.05) is 11.3 Å². The SMILES string of the molecule is CC(=O)c1cc(C(C)=O)c(=O)[nH]c1C. The van der Waals surface area contributed by atoms with Crippen LogP contribution in [0.25, 0.3) is 0 Å². The summed E-state index contributed by atoms with van der Waals surface area (Å²) in [6, 6.07) is 1.35. The number of H-pyrrole nitrogens is 1. The monoisotopic (exact) mass is 193 g/mol. The molecule has 4 nitrogen and oxygen atoms in total. The van der Waals surface area contributed by atoms with E-state index in [9.17, 15) is 14.4 Å². The molecule has 0 bridgehead atoms. The number of aromatic nitrogens is 1. The lowest BCUT2D eigenvalue weighted by Gasteiger charge is -2.02. The predicted molar refractivity (Wildman–Crippen MR) is 51.8 cm³/mol. The number of Topliss-reactive ketones (excluding diaryl/α,β-unsaturated/α-hetero) is 2. The van der Waals surface area contributed by atoms with E-state index in [1.165, 1.54) is 19.9 Å². The van der Waals surface area contributed by atoms with Crippen molar-refractivity contribution in [1.29, 1.82) is 0 Å². The van der Waals surface area contributed by atoms with Gasteiger partial charge in [0.05, 0.1) is 5.56 Å². The zero-order valence-corrected chi connectivity index (χ0v) is 8.30. The highest BCUT2D eigenvalue weighted by Crippen LogP contribution is 2.06. The van der Waals surface area contributed by atoms with Gasteiger partial charge in [0.2, 0.25) is 0 Å². The van der Waals surface area contributed by atoms with Crippen LogP contribution < -0.4 is 5.56 Å². The fourth-order valence-electron chi connectivity index (χ4n) is 1.25. The maximum Gasteiger partial charge on any atom is 0.259 e. The number of hydrogen-bond acceptors (Lipinski definition) is 3. The predicted octanol–water partition coefficient (Wildman–Crippen LogP) is 1.09. The topological polar surface area (TPSA) is 67.0 Å². The summed E-state index contributed by atoms with van der Waals surface area (Å²) < 4.78 is 0. The van der Waals surface area contributed by atoms with Crippen molar-refractivity contribution in [2.75, 3.05) is 0 Å². The normalized spacial score (nSPS) is 9.93. The first-order valence-corrected chi connectivity index (χ1v) is 4.19. The van der Waals surface area contributed by atoms with Gasteiger partial charge in [-0.15, -0.1) is 0 Å². The Labute approximate surface area is 81.0 Å². The third-order valence-corrected chi connectivity index (χ3v) is 2.00. The third-order valence-electron chi connectivity index (χ3n) is 2.00. The fraction of sp³-hybridized carbons (Fsp3) is 0.300. The maximum absolute atomic E-state index is 11.3. The number of carbonyl (C=O) groups excluding carboxylic acids is 2. The van der Waals surface area contributed by atoms with Crippen LogP contribution in [0.4, 0.5) is 0 Å². The lowest BCUT2D eigenvalue weighted by atomic mass is 10.1. The summed E-state index contributed by atoms with van der Waals surface area (Å²) in [7, 11) is 0. The van der Waals surface area contributed by atoms with Crippen LogP contribution in [0.1, 0.15) is 40.3 Å². The van der Waals surface area contributed by atoms with Crippen molar-refractivity contribution in [3.05, 3.63) is 33.2 Å². The zero-order chi connectivity index (χ0) is 10.9. The van der Waals surface area contributed by atoms with Gasteiger partial charge in [0.25, 0.3) is 5.56 Å². The molecule has 0 aliphatic heterocycles. The van der Waals surface area contributed by atoms with E-state index in [0.717, 1.165) is 0 Å². The Hall–Kier alpha value is -1.71. The molecule has 0 atom stereocenters. The van der Waals surface area contributed by atoms with Crippen molar-refractivity contribution in [2.45, 2.75) is 20.8 Å². The Balaban J connectivity index is 3.50. The zero-order valence-electron chi connectivity index (χ0n) is 8.30. The Bertz CT molecular complexity index is 457. The molecular weight excluding hydrogens is 182 g/mol. The van der Waals surface area contributed by atoms with Crippen molar-refractivity contribution >= 4 is 11.6 Å². The average molecular weight is 193 g/mol. The number of pyridine rings is 1. The van der Waals surface area contributed by atoms with Crippen molar-refractivity contribution in [3.8, 4) is 0 Å². The van der Waals surface area contributed by atoms with E-state index >= 15 is 0 Å². The van der Waals surface area contributed by atoms with Gasteiger partial charge >= 0.3 is 0 Å². The largest absolute Gasteiger partial charge is 0.325 e. The molecule has 0 saturated carbocycles. The average Bonchev–Trinajstić information content (AvgIpc) is 2.02. The van der Waals surface area contributed by atoms with Gasteiger partial charge in [-0.05, 0) is 26.8 Å². The molecule has 0 spiro atoms. The van der Waals surface area contributed by atoms with Gasteiger partial charge in [-0.25, -0.2) is 0 Å². The summed E-state index contributed by atoms with van der Waals surface area (Å²) in [4.78, 5) is 35.9. The number of carbonyl (C=O) groups is 2. The van der Waals surface area contributed by atoms with E-state index in [0.29, 0.717) is 11.3 Å². The molecule has 0 aromatic carbocycles. The number of hydrogen-bond donors (Lipinski definition) is 1. The Morgan fingerprint density at radius 2 is 1.64 bits per heavy atom. The van der Waals surface area contributed by atoms with E-state index in [4.69, 9.17) is 0 Å². The van der Waals surface area contributed by atoms with Crippen molar-refractivity contribution in [2.24, 2.45) is 0 Å². The van der Waals surface area contributed by atoms with E-state index in [-0.39, 0.29) is 17.1 Å². The van der Waals surface area contributed by atoms with Gasteiger partial charge in [-0.2, -0.15) is 0 Å². The lowest BCUT2D eigenvalue weighted by molar-refractivity contribution is 0.101. The number of aromatic amines is 1. The first-order chi connectivity index (χ1) is 6.43. The molecule has 0 radical (unpaired) electrons. The first kappa shape index (κ1) is 10.4. The van der Waals surface area contributed by atoms with Gasteiger partial charge in [0.15, 0.2) is 11.6 Å². The summed E-state index contributed by atoms with van der Waals surface area (Å²) in [5, 5.41) is 0. The Morgan fingerprint density at radius 1 is 1.14 bits per heavy atom. The molecule has 1 aromatic rings. The number of aryl methyl sites for hydroxylation is 1. The molecule has 1 rings (SSSR count). The summed E-state index contributed by atoms with van der Waals surface area (Å²) in [6.07, 6.45) is 0. The van der Waals surface area contributed by atoms with Gasteiger partial charge in [0.1, 0.15) is 0 Å². The van der Waals surface area contributed by atoms with Crippen LogP contribution in [0.3, 0.4) is 0 Å². The summed E-state index contributed by atoms with van der Waals surface area (Å²) in [5.41, 5.74) is 0.461. The maximum atomic E-state index is 11.3.